The fourth-order valence-corrected chi connectivity index (χ4v) is 3.88. The van der Waals surface area contributed by atoms with Crippen molar-refractivity contribution in [1.82, 2.24) is 9.78 Å². The smallest absolute Gasteiger partial charge is 0.313 e. The number of aromatic nitrogens is 2. The number of nitro groups is 1. The van der Waals surface area contributed by atoms with Gasteiger partial charge < -0.3 is 5.11 Å². The lowest BCUT2D eigenvalue weighted by Gasteiger charge is -2.18. The lowest BCUT2D eigenvalue weighted by molar-refractivity contribution is -0.385. The van der Waals surface area contributed by atoms with Crippen LogP contribution in [0.2, 0.25) is 0 Å². The van der Waals surface area contributed by atoms with E-state index in [0.717, 1.165) is 4.68 Å². The third kappa shape index (κ3) is 5.38. The fraction of sp³-hybridized carbons (Fsp3) is 0.286. The van der Waals surface area contributed by atoms with Crippen molar-refractivity contribution < 1.29 is 18.4 Å². The van der Waals surface area contributed by atoms with E-state index in [0.29, 0.717) is 17.7 Å². The second-order valence-electron chi connectivity index (χ2n) is 8.95. The molecule has 0 fully saturated rings. The van der Waals surface area contributed by atoms with Crippen molar-refractivity contribution in [2.45, 2.75) is 39.0 Å². The molecule has 1 aromatic heterocycles. The van der Waals surface area contributed by atoms with Crippen molar-refractivity contribution >= 4 is 27.1 Å². The molecule has 1 heterocycles. The minimum absolute atomic E-state index is 0.121. The first-order valence-corrected chi connectivity index (χ1v) is 11.6. The molecule has 0 saturated carbocycles. The number of aromatic hydroxyl groups is 1. The van der Waals surface area contributed by atoms with Gasteiger partial charge in [-0.15, -0.1) is 10.2 Å². The van der Waals surface area contributed by atoms with E-state index in [-0.39, 0.29) is 27.4 Å². The summed E-state index contributed by atoms with van der Waals surface area (Å²) < 4.78 is 24.3. The first-order chi connectivity index (χ1) is 15.7. The molecule has 12 nitrogen and oxygen atoms in total. The number of primary sulfonamides is 1. The first-order valence-electron chi connectivity index (χ1n) is 10.0. The average Bonchev–Trinajstić information content (AvgIpc) is 3.00. The molecule has 0 aliphatic heterocycles. The minimum Gasteiger partial charge on any atom is -0.501 e. The van der Waals surface area contributed by atoms with Crippen molar-refractivity contribution in [3.8, 4) is 11.4 Å². The summed E-state index contributed by atoms with van der Waals surface area (Å²) in [5.74, 6) is -0.666. The van der Waals surface area contributed by atoms with E-state index in [1.165, 1.54) is 36.4 Å². The van der Waals surface area contributed by atoms with Crippen molar-refractivity contribution in [2.75, 3.05) is 0 Å². The van der Waals surface area contributed by atoms with Crippen molar-refractivity contribution in [3.63, 3.8) is 0 Å². The van der Waals surface area contributed by atoms with Crippen LogP contribution in [0, 0.1) is 22.5 Å². The van der Waals surface area contributed by atoms with Crippen LogP contribution < -0.4 is 10.7 Å². The topological polar surface area (TPSA) is 186 Å². The number of sulfonamides is 1. The van der Waals surface area contributed by atoms with Gasteiger partial charge in [-0.05, 0) is 48.6 Å². The second kappa shape index (κ2) is 8.83. The Morgan fingerprint density at radius 3 is 2.47 bits per heavy atom. The average molecular weight is 489 g/mol. The number of nitrogens with one attached hydrogen (secondary N) is 1. The molecular formula is C21H24N6O6S. The van der Waals surface area contributed by atoms with Crippen molar-refractivity contribution in [3.05, 3.63) is 68.1 Å². The molecule has 34 heavy (non-hydrogen) atoms. The van der Waals surface area contributed by atoms with Crippen LogP contribution in [0.5, 0.6) is 5.75 Å². The Balaban J connectivity index is 2.07. The van der Waals surface area contributed by atoms with E-state index in [1.54, 1.807) is 6.92 Å². The third-order valence-corrected chi connectivity index (χ3v) is 5.67. The van der Waals surface area contributed by atoms with E-state index < -0.39 is 31.9 Å². The molecular weight excluding hydrogens is 464 g/mol. The van der Waals surface area contributed by atoms with Gasteiger partial charge in [0.05, 0.1) is 21.2 Å². The number of nitrogens with two attached hydrogens (primary N) is 1. The van der Waals surface area contributed by atoms with Crippen LogP contribution in [0.4, 0.5) is 17.1 Å². The van der Waals surface area contributed by atoms with Gasteiger partial charge in [0.25, 0.3) is 5.56 Å². The van der Waals surface area contributed by atoms with Gasteiger partial charge in [0.1, 0.15) is 5.69 Å². The Labute approximate surface area is 194 Å². The number of aromatic amines is 1. The number of phenolic OH excluding ortho intramolecular Hbond substituents is 1. The molecule has 4 N–H and O–H groups in total. The standard InChI is InChI=1S/C21H24N6O6S/c1-12-18(20(29)26(25-12)14-6-5-7-15(10-14)34(22,32)33)24-23-16-8-13(11-21(2,3)4)9-17(19(16)28)27(30)31/h5-10,25,28H,11H2,1-4H3,(H2,22,32,33). The Hall–Kier alpha value is -3.84. The molecule has 0 radical (unpaired) electrons. The van der Waals surface area contributed by atoms with Gasteiger partial charge in [-0.25, -0.2) is 18.2 Å². The number of aryl methyl sites for hydroxylation is 1. The maximum absolute atomic E-state index is 12.9. The number of H-pyrrole nitrogens is 1. The number of azo groups is 1. The van der Waals surface area contributed by atoms with Crippen LogP contribution >= 0.6 is 0 Å². The van der Waals surface area contributed by atoms with Crippen LogP contribution in [0.15, 0.2) is 56.3 Å². The fourth-order valence-electron chi connectivity index (χ4n) is 3.33. The van der Waals surface area contributed by atoms with Gasteiger partial charge in [0.15, 0.2) is 5.69 Å². The molecule has 0 bridgehead atoms. The molecule has 3 aromatic rings. The van der Waals surface area contributed by atoms with Gasteiger partial charge in [-0.2, -0.15) is 0 Å². The molecule has 13 heteroatoms. The number of rotatable bonds is 6. The predicted molar refractivity (Wildman–Crippen MR) is 125 cm³/mol. The van der Waals surface area contributed by atoms with E-state index in [1.807, 2.05) is 20.8 Å². The van der Waals surface area contributed by atoms with E-state index >= 15 is 0 Å². The van der Waals surface area contributed by atoms with E-state index in [2.05, 4.69) is 15.3 Å². The summed E-state index contributed by atoms with van der Waals surface area (Å²) in [6, 6.07) is 8.20. The Morgan fingerprint density at radius 1 is 1.21 bits per heavy atom. The summed E-state index contributed by atoms with van der Waals surface area (Å²) in [4.78, 5) is 23.4. The van der Waals surface area contributed by atoms with Gasteiger partial charge in [-0.3, -0.25) is 20.0 Å². The summed E-state index contributed by atoms with van der Waals surface area (Å²) in [6.07, 6.45) is 0.479. The Bertz CT molecular complexity index is 1460. The second-order valence-corrected chi connectivity index (χ2v) is 10.5. The highest BCUT2D eigenvalue weighted by Crippen LogP contribution is 2.39. The van der Waals surface area contributed by atoms with E-state index in [4.69, 9.17) is 5.14 Å². The zero-order valence-electron chi connectivity index (χ0n) is 18.9. The van der Waals surface area contributed by atoms with Crippen LogP contribution in [0.1, 0.15) is 32.0 Å². The number of nitrogens with zero attached hydrogens (tertiary/aromatic N) is 4. The van der Waals surface area contributed by atoms with Gasteiger partial charge >= 0.3 is 5.69 Å². The van der Waals surface area contributed by atoms with Gasteiger partial charge in [-0.1, -0.05) is 26.8 Å². The molecule has 2 aromatic carbocycles. The molecule has 0 aliphatic rings. The molecule has 180 valence electrons. The first kappa shape index (κ1) is 24.8. The zero-order valence-corrected chi connectivity index (χ0v) is 19.8. The highest BCUT2D eigenvalue weighted by molar-refractivity contribution is 7.89. The number of benzene rings is 2. The third-order valence-electron chi connectivity index (χ3n) is 4.76. The summed E-state index contributed by atoms with van der Waals surface area (Å²) in [5, 5.41) is 37.5. The Morgan fingerprint density at radius 2 is 1.88 bits per heavy atom. The molecule has 0 aliphatic carbocycles. The lowest BCUT2D eigenvalue weighted by atomic mass is 9.88. The summed E-state index contributed by atoms with van der Waals surface area (Å²) in [6.45, 7) is 7.43. The van der Waals surface area contributed by atoms with Gasteiger partial charge in [0.2, 0.25) is 15.8 Å². The SMILES string of the molecule is Cc1[nH]n(-c2cccc(S(N)(=O)=O)c2)c(=O)c1N=Nc1cc(CC(C)(C)C)cc([N+](=O)[O-])c1O. The largest absolute Gasteiger partial charge is 0.501 e. The highest BCUT2D eigenvalue weighted by Gasteiger charge is 2.22. The summed E-state index contributed by atoms with van der Waals surface area (Å²) in [7, 11) is -3.98. The normalized spacial score (nSPS) is 12.4. The zero-order chi connectivity index (χ0) is 25.4. The van der Waals surface area contributed by atoms with Crippen LogP contribution in [-0.4, -0.2) is 28.2 Å². The molecule has 0 atom stereocenters. The molecule has 3 rings (SSSR count). The van der Waals surface area contributed by atoms with Crippen LogP contribution in [0.3, 0.4) is 0 Å². The number of hydrogen-bond acceptors (Lipinski definition) is 8. The van der Waals surface area contributed by atoms with Crippen molar-refractivity contribution in [2.24, 2.45) is 20.8 Å². The quantitative estimate of drug-likeness (QED) is 0.269. The molecule has 0 unspecified atom stereocenters. The van der Waals surface area contributed by atoms with Crippen molar-refractivity contribution in [1.29, 1.82) is 0 Å². The minimum atomic E-state index is -3.98. The Kier molecular flexibility index (Phi) is 6.44. The van der Waals surface area contributed by atoms with Crippen LogP contribution in [0.25, 0.3) is 5.69 Å². The monoisotopic (exact) mass is 488 g/mol. The maximum atomic E-state index is 12.9. The van der Waals surface area contributed by atoms with E-state index in [9.17, 15) is 28.4 Å². The number of nitro benzene ring substituents is 1. The predicted octanol–water partition coefficient (Wildman–Crippen LogP) is 3.74. The molecule has 0 amide bonds. The summed E-state index contributed by atoms with van der Waals surface area (Å²) >= 11 is 0. The number of phenols is 1. The highest BCUT2D eigenvalue weighted by atomic mass is 32.2. The maximum Gasteiger partial charge on any atom is 0.313 e. The number of hydrogen-bond donors (Lipinski definition) is 3. The molecule has 0 spiro atoms. The van der Waals surface area contributed by atoms with Gasteiger partial charge in [0, 0.05) is 6.07 Å². The molecule has 0 saturated heterocycles. The summed E-state index contributed by atoms with van der Waals surface area (Å²) in [5.41, 5.74) is -0.544. The van der Waals surface area contributed by atoms with Crippen LogP contribution in [-0.2, 0) is 16.4 Å². The lowest BCUT2D eigenvalue weighted by Crippen LogP contribution is -2.16.